The average molecular weight is 325 g/mol. The van der Waals surface area contributed by atoms with E-state index in [0.29, 0.717) is 13.1 Å². The zero-order valence-electron chi connectivity index (χ0n) is 13.4. The second kappa shape index (κ2) is 8.47. The highest BCUT2D eigenvalue weighted by Crippen LogP contribution is 2.12. The maximum atomic E-state index is 11.8. The Morgan fingerprint density at radius 1 is 1.17 bits per heavy atom. The van der Waals surface area contributed by atoms with Crippen LogP contribution in [0.5, 0.6) is 0 Å². The van der Waals surface area contributed by atoms with Crippen molar-refractivity contribution < 1.29 is 9.72 Å². The van der Waals surface area contributed by atoms with Crippen molar-refractivity contribution in [2.24, 2.45) is 0 Å². The Kier molecular flexibility index (Phi) is 6.08. The minimum atomic E-state index is -0.455. The van der Waals surface area contributed by atoms with Gasteiger partial charge < -0.3 is 10.2 Å². The molecule has 6 heteroatoms. The first kappa shape index (κ1) is 17.2. The number of benzene rings is 2. The molecule has 0 heterocycles. The van der Waals surface area contributed by atoms with E-state index in [1.165, 1.54) is 18.2 Å². The molecule has 24 heavy (non-hydrogen) atoms. The van der Waals surface area contributed by atoms with Crippen molar-refractivity contribution >= 4 is 23.4 Å². The number of rotatable bonds is 7. The van der Waals surface area contributed by atoms with Crippen molar-refractivity contribution in [3.8, 4) is 0 Å². The molecule has 0 spiro atoms. The molecule has 0 fully saturated rings. The minimum Gasteiger partial charge on any atom is -0.373 e. The lowest BCUT2D eigenvalue weighted by Gasteiger charge is -2.19. The second-order valence-corrected chi connectivity index (χ2v) is 5.23. The zero-order chi connectivity index (χ0) is 17.4. The fourth-order valence-corrected chi connectivity index (χ4v) is 2.10. The summed E-state index contributed by atoms with van der Waals surface area (Å²) in [7, 11) is 1.97. The summed E-state index contributed by atoms with van der Waals surface area (Å²) >= 11 is 0. The van der Waals surface area contributed by atoms with E-state index in [0.717, 1.165) is 11.3 Å². The lowest BCUT2D eigenvalue weighted by atomic mass is 10.2. The predicted molar refractivity (Wildman–Crippen MR) is 94.9 cm³/mol. The van der Waals surface area contributed by atoms with E-state index in [1.54, 1.807) is 18.2 Å². The number of nitrogens with zero attached hydrogens (tertiary/aromatic N) is 2. The first-order chi connectivity index (χ1) is 11.6. The molecular formula is C18H19N3O3. The van der Waals surface area contributed by atoms with E-state index < -0.39 is 4.92 Å². The van der Waals surface area contributed by atoms with Gasteiger partial charge in [0.2, 0.25) is 5.91 Å². The summed E-state index contributed by atoms with van der Waals surface area (Å²) in [6.07, 6.45) is 3.05. The molecule has 0 unspecified atom stereocenters. The SMILES string of the molecule is CN(CCNC(=O)/C=C/c1ccc([N+](=O)[O-])cc1)c1ccccc1. The largest absolute Gasteiger partial charge is 0.373 e. The molecule has 0 bridgehead atoms. The second-order valence-electron chi connectivity index (χ2n) is 5.23. The van der Waals surface area contributed by atoms with Gasteiger partial charge in [0.05, 0.1) is 4.92 Å². The molecule has 0 saturated heterocycles. The molecule has 1 amide bonds. The van der Waals surface area contributed by atoms with Crippen molar-refractivity contribution in [3.05, 3.63) is 76.4 Å². The van der Waals surface area contributed by atoms with Gasteiger partial charge in [-0.2, -0.15) is 0 Å². The summed E-state index contributed by atoms with van der Waals surface area (Å²) in [5.74, 6) is -0.199. The Balaban J connectivity index is 1.77. The van der Waals surface area contributed by atoms with E-state index in [2.05, 4.69) is 10.2 Å². The lowest BCUT2D eigenvalue weighted by Crippen LogP contribution is -2.31. The van der Waals surface area contributed by atoms with Gasteiger partial charge in [-0.05, 0) is 35.9 Å². The predicted octanol–water partition coefficient (Wildman–Crippen LogP) is 2.86. The van der Waals surface area contributed by atoms with Crippen molar-refractivity contribution in [3.63, 3.8) is 0 Å². The highest BCUT2D eigenvalue weighted by Gasteiger charge is 2.03. The fourth-order valence-electron chi connectivity index (χ4n) is 2.10. The Bertz CT molecular complexity index is 712. The van der Waals surface area contributed by atoms with E-state index in [9.17, 15) is 14.9 Å². The average Bonchev–Trinajstić information content (AvgIpc) is 2.61. The zero-order valence-corrected chi connectivity index (χ0v) is 13.4. The highest BCUT2D eigenvalue weighted by atomic mass is 16.6. The number of non-ortho nitro benzene ring substituents is 1. The van der Waals surface area contributed by atoms with Crippen LogP contribution in [0, 0.1) is 10.1 Å². The normalized spacial score (nSPS) is 10.5. The first-order valence-corrected chi connectivity index (χ1v) is 7.53. The number of carbonyl (C=O) groups is 1. The number of amides is 1. The molecule has 2 aromatic rings. The van der Waals surface area contributed by atoms with Gasteiger partial charge in [0.15, 0.2) is 0 Å². The molecule has 0 saturated carbocycles. The van der Waals surface area contributed by atoms with Crippen LogP contribution in [0.15, 0.2) is 60.7 Å². The van der Waals surface area contributed by atoms with Crippen LogP contribution in [0.2, 0.25) is 0 Å². The quantitative estimate of drug-likeness (QED) is 0.482. The monoisotopic (exact) mass is 325 g/mol. The summed E-state index contributed by atoms with van der Waals surface area (Å²) in [6.45, 7) is 1.22. The minimum absolute atomic E-state index is 0.0283. The van der Waals surface area contributed by atoms with E-state index >= 15 is 0 Å². The van der Waals surface area contributed by atoms with Crippen LogP contribution in [0.25, 0.3) is 6.08 Å². The Labute approximate surface area is 140 Å². The topological polar surface area (TPSA) is 75.5 Å². The maximum Gasteiger partial charge on any atom is 0.269 e. The number of anilines is 1. The maximum absolute atomic E-state index is 11.8. The van der Waals surface area contributed by atoms with Gasteiger partial charge >= 0.3 is 0 Å². The van der Waals surface area contributed by atoms with Gasteiger partial charge in [-0.15, -0.1) is 0 Å². The molecule has 0 aliphatic heterocycles. The number of nitro groups is 1. The van der Waals surface area contributed by atoms with Crippen molar-refractivity contribution in [1.82, 2.24) is 5.32 Å². The van der Waals surface area contributed by atoms with E-state index in [4.69, 9.17) is 0 Å². The molecule has 0 atom stereocenters. The Hall–Kier alpha value is -3.15. The first-order valence-electron chi connectivity index (χ1n) is 7.53. The third-order valence-corrected chi connectivity index (χ3v) is 3.47. The molecular weight excluding hydrogens is 306 g/mol. The van der Waals surface area contributed by atoms with Crippen molar-refractivity contribution in [1.29, 1.82) is 0 Å². The Morgan fingerprint density at radius 2 is 1.83 bits per heavy atom. The number of carbonyl (C=O) groups excluding carboxylic acids is 1. The van der Waals surface area contributed by atoms with Crippen LogP contribution in [-0.4, -0.2) is 31.0 Å². The van der Waals surface area contributed by atoms with Crippen LogP contribution in [0.1, 0.15) is 5.56 Å². The smallest absolute Gasteiger partial charge is 0.269 e. The number of hydrogen-bond acceptors (Lipinski definition) is 4. The van der Waals surface area contributed by atoms with Crippen LogP contribution < -0.4 is 10.2 Å². The summed E-state index contributed by atoms with van der Waals surface area (Å²) in [6, 6.07) is 15.9. The fraction of sp³-hybridized carbons (Fsp3) is 0.167. The lowest BCUT2D eigenvalue weighted by molar-refractivity contribution is -0.384. The van der Waals surface area contributed by atoms with Crippen LogP contribution >= 0.6 is 0 Å². The van der Waals surface area contributed by atoms with Gasteiger partial charge in [-0.3, -0.25) is 14.9 Å². The summed E-state index contributed by atoms with van der Waals surface area (Å²) < 4.78 is 0. The van der Waals surface area contributed by atoms with Crippen LogP contribution in [0.3, 0.4) is 0 Å². The summed E-state index contributed by atoms with van der Waals surface area (Å²) in [5, 5.41) is 13.4. The molecule has 0 aliphatic carbocycles. The molecule has 124 valence electrons. The van der Waals surface area contributed by atoms with E-state index in [-0.39, 0.29) is 11.6 Å². The molecule has 0 radical (unpaired) electrons. The molecule has 2 aromatic carbocycles. The van der Waals surface area contributed by atoms with Gasteiger partial charge in [0, 0.05) is 44.0 Å². The number of hydrogen-bond donors (Lipinski definition) is 1. The van der Waals surface area contributed by atoms with Crippen molar-refractivity contribution in [2.75, 3.05) is 25.0 Å². The van der Waals surface area contributed by atoms with Crippen LogP contribution in [-0.2, 0) is 4.79 Å². The number of likely N-dealkylation sites (N-methyl/N-ethyl adjacent to an activating group) is 1. The molecule has 1 N–H and O–H groups in total. The molecule has 0 aromatic heterocycles. The number of nitrogens with one attached hydrogen (secondary N) is 1. The van der Waals surface area contributed by atoms with Gasteiger partial charge in [-0.25, -0.2) is 0 Å². The molecule has 2 rings (SSSR count). The molecule has 0 aliphatic rings. The number of para-hydroxylation sites is 1. The van der Waals surface area contributed by atoms with Gasteiger partial charge in [0.25, 0.3) is 5.69 Å². The van der Waals surface area contributed by atoms with Gasteiger partial charge in [0.1, 0.15) is 0 Å². The van der Waals surface area contributed by atoms with E-state index in [1.807, 2.05) is 37.4 Å². The third kappa shape index (κ3) is 5.24. The highest BCUT2D eigenvalue weighted by molar-refractivity contribution is 5.91. The van der Waals surface area contributed by atoms with Crippen molar-refractivity contribution in [2.45, 2.75) is 0 Å². The molecule has 6 nitrogen and oxygen atoms in total. The summed E-state index contributed by atoms with van der Waals surface area (Å²) in [5.41, 5.74) is 1.85. The standard InChI is InChI=1S/C18H19N3O3/c1-20(16-5-3-2-4-6-16)14-13-19-18(22)12-9-15-7-10-17(11-8-15)21(23)24/h2-12H,13-14H2,1H3,(H,19,22)/b12-9+. The summed E-state index contributed by atoms with van der Waals surface area (Å²) in [4.78, 5) is 24.0. The number of nitro benzene ring substituents is 1. The third-order valence-electron chi connectivity index (χ3n) is 3.47. The van der Waals surface area contributed by atoms with Crippen LogP contribution in [0.4, 0.5) is 11.4 Å². The Morgan fingerprint density at radius 3 is 2.46 bits per heavy atom. The van der Waals surface area contributed by atoms with Gasteiger partial charge in [-0.1, -0.05) is 18.2 Å².